The van der Waals surface area contributed by atoms with Crippen molar-refractivity contribution in [3.8, 4) is 0 Å². The number of hydrogen-bond acceptors (Lipinski definition) is 5. The first-order chi connectivity index (χ1) is 7.85. The zero-order chi connectivity index (χ0) is 12.3. The van der Waals surface area contributed by atoms with Gasteiger partial charge in [-0.3, -0.25) is 0 Å². The molecule has 0 N–H and O–H groups in total. The van der Waals surface area contributed by atoms with Crippen molar-refractivity contribution in [3.05, 3.63) is 0 Å². The average molecular weight is 244 g/mol. The van der Waals surface area contributed by atoms with E-state index >= 15 is 0 Å². The third-order valence-electron chi connectivity index (χ3n) is 3.36. The number of rotatable bonds is 1. The van der Waals surface area contributed by atoms with E-state index in [1.54, 1.807) is 0 Å². The first kappa shape index (κ1) is 11.9. The maximum absolute atomic E-state index is 5.85. The lowest BCUT2D eigenvalue weighted by molar-refractivity contribution is -0.220. The summed E-state index contributed by atoms with van der Waals surface area (Å²) in [5.74, 6) is -1.04. The minimum absolute atomic E-state index is 0.00266. The van der Waals surface area contributed by atoms with E-state index in [4.69, 9.17) is 23.7 Å². The van der Waals surface area contributed by atoms with E-state index in [0.29, 0.717) is 6.61 Å². The molecule has 3 aliphatic heterocycles. The van der Waals surface area contributed by atoms with Gasteiger partial charge in [0.05, 0.1) is 12.7 Å². The topological polar surface area (TPSA) is 46.2 Å². The van der Waals surface area contributed by atoms with Crippen LogP contribution in [-0.4, -0.2) is 42.8 Å². The molecule has 0 aromatic heterocycles. The molecule has 0 aliphatic carbocycles. The molecule has 98 valence electrons. The summed E-state index contributed by atoms with van der Waals surface area (Å²) >= 11 is 0. The molecule has 5 nitrogen and oxygen atoms in total. The Morgan fingerprint density at radius 1 is 0.824 bits per heavy atom. The van der Waals surface area contributed by atoms with Crippen LogP contribution in [0.5, 0.6) is 0 Å². The highest BCUT2D eigenvalue weighted by Gasteiger charge is 2.52. The first-order valence-corrected chi connectivity index (χ1v) is 6.18. The molecule has 5 heteroatoms. The SMILES string of the molecule is CC1(C)OCC([C@H]2CC3OC(C)(C)O[C@H]3O2)O1. The van der Waals surface area contributed by atoms with Gasteiger partial charge in [0.1, 0.15) is 12.2 Å². The lowest BCUT2D eigenvalue weighted by Crippen LogP contribution is -2.33. The van der Waals surface area contributed by atoms with Crippen molar-refractivity contribution in [3.63, 3.8) is 0 Å². The molecule has 0 radical (unpaired) electrons. The predicted octanol–water partition coefficient (Wildman–Crippen LogP) is 1.40. The third kappa shape index (κ3) is 2.22. The third-order valence-corrected chi connectivity index (χ3v) is 3.36. The van der Waals surface area contributed by atoms with Gasteiger partial charge in [0, 0.05) is 6.42 Å². The van der Waals surface area contributed by atoms with Crippen molar-refractivity contribution in [1.29, 1.82) is 0 Å². The fourth-order valence-corrected chi connectivity index (χ4v) is 2.67. The first-order valence-electron chi connectivity index (χ1n) is 6.18. The molecular weight excluding hydrogens is 224 g/mol. The fourth-order valence-electron chi connectivity index (χ4n) is 2.67. The number of ether oxygens (including phenoxy) is 5. The van der Waals surface area contributed by atoms with Crippen LogP contribution in [0.1, 0.15) is 34.1 Å². The smallest absolute Gasteiger partial charge is 0.187 e. The van der Waals surface area contributed by atoms with Gasteiger partial charge in [-0.2, -0.15) is 0 Å². The Labute approximate surface area is 101 Å². The summed E-state index contributed by atoms with van der Waals surface area (Å²) in [4.78, 5) is 0. The maximum Gasteiger partial charge on any atom is 0.187 e. The molecule has 3 saturated heterocycles. The molecule has 17 heavy (non-hydrogen) atoms. The molecule has 0 spiro atoms. The summed E-state index contributed by atoms with van der Waals surface area (Å²) < 4.78 is 28.6. The second kappa shape index (κ2) is 3.65. The molecule has 0 aromatic rings. The van der Waals surface area contributed by atoms with Gasteiger partial charge in [-0.15, -0.1) is 0 Å². The summed E-state index contributed by atoms with van der Waals surface area (Å²) in [6, 6.07) is 0. The van der Waals surface area contributed by atoms with Crippen LogP contribution in [0.25, 0.3) is 0 Å². The molecular formula is C12H20O5. The van der Waals surface area contributed by atoms with E-state index in [1.807, 2.05) is 27.7 Å². The minimum atomic E-state index is -0.535. The Hall–Kier alpha value is -0.200. The average Bonchev–Trinajstić information content (AvgIpc) is 2.75. The Kier molecular flexibility index (Phi) is 2.55. The highest BCUT2D eigenvalue weighted by molar-refractivity contribution is 4.90. The Morgan fingerprint density at radius 2 is 1.53 bits per heavy atom. The molecule has 0 bridgehead atoms. The Balaban J connectivity index is 1.60. The van der Waals surface area contributed by atoms with Gasteiger partial charge in [0.25, 0.3) is 0 Å². The summed E-state index contributed by atoms with van der Waals surface area (Å²) in [6.45, 7) is 8.21. The molecule has 3 rings (SSSR count). The van der Waals surface area contributed by atoms with Crippen LogP contribution < -0.4 is 0 Å². The predicted molar refractivity (Wildman–Crippen MR) is 58.2 cm³/mol. The molecule has 3 aliphatic rings. The van der Waals surface area contributed by atoms with Crippen molar-refractivity contribution in [2.24, 2.45) is 0 Å². The zero-order valence-corrected chi connectivity index (χ0v) is 10.8. The van der Waals surface area contributed by atoms with Gasteiger partial charge in [-0.25, -0.2) is 0 Å². The minimum Gasteiger partial charge on any atom is -0.348 e. The molecule has 2 unspecified atom stereocenters. The van der Waals surface area contributed by atoms with E-state index in [0.717, 1.165) is 6.42 Å². The van der Waals surface area contributed by atoms with E-state index < -0.39 is 11.6 Å². The van der Waals surface area contributed by atoms with Gasteiger partial charge >= 0.3 is 0 Å². The highest BCUT2D eigenvalue weighted by Crippen LogP contribution is 2.40. The molecule has 0 saturated carbocycles. The number of fused-ring (bicyclic) bond motifs is 1. The van der Waals surface area contributed by atoms with Gasteiger partial charge in [0.15, 0.2) is 17.9 Å². The largest absolute Gasteiger partial charge is 0.348 e. The van der Waals surface area contributed by atoms with Crippen molar-refractivity contribution >= 4 is 0 Å². The lowest BCUT2D eigenvalue weighted by atomic mass is 10.1. The molecule has 0 aromatic carbocycles. The van der Waals surface area contributed by atoms with Crippen molar-refractivity contribution in [1.82, 2.24) is 0 Å². The van der Waals surface area contributed by atoms with Crippen LogP contribution >= 0.6 is 0 Å². The van der Waals surface area contributed by atoms with Gasteiger partial charge in [-0.05, 0) is 27.7 Å². The van der Waals surface area contributed by atoms with Crippen LogP contribution in [0.3, 0.4) is 0 Å². The molecule has 0 amide bonds. The van der Waals surface area contributed by atoms with Crippen LogP contribution in [0.2, 0.25) is 0 Å². The second-order valence-electron chi connectivity index (χ2n) is 5.82. The van der Waals surface area contributed by atoms with Crippen LogP contribution in [0.4, 0.5) is 0 Å². The zero-order valence-electron chi connectivity index (χ0n) is 10.8. The van der Waals surface area contributed by atoms with E-state index in [2.05, 4.69) is 0 Å². The van der Waals surface area contributed by atoms with Gasteiger partial charge in [0.2, 0.25) is 0 Å². The molecule has 4 atom stereocenters. The van der Waals surface area contributed by atoms with Crippen molar-refractivity contribution in [2.45, 2.75) is 70.3 Å². The van der Waals surface area contributed by atoms with E-state index in [-0.39, 0.29) is 24.6 Å². The van der Waals surface area contributed by atoms with Crippen molar-refractivity contribution in [2.75, 3.05) is 6.61 Å². The van der Waals surface area contributed by atoms with E-state index in [9.17, 15) is 0 Å². The van der Waals surface area contributed by atoms with Crippen LogP contribution in [0, 0.1) is 0 Å². The lowest BCUT2D eigenvalue weighted by Gasteiger charge is -2.23. The van der Waals surface area contributed by atoms with Crippen LogP contribution in [-0.2, 0) is 23.7 Å². The standard InChI is InChI=1S/C12H20O5/c1-11(2)13-6-9(16-11)7-5-8-10(14-7)17-12(3,4)15-8/h7-10H,5-6H2,1-4H3/t7-,8?,9?,10-/m1/s1. The normalized spacial score (nSPS) is 47.3. The molecule has 3 fully saturated rings. The Morgan fingerprint density at radius 3 is 2.12 bits per heavy atom. The van der Waals surface area contributed by atoms with Crippen LogP contribution in [0.15, 0.2) is 0 Å². The highest BCUT2D eigenvalue weighted by atomic mass is 16.8. The monoisotopic (exact) mass is 244 g/mol. The summed E-state index contributed by atoms with van der Waals surface area (Å²) in [5.41, 5.74) is 0. The summed E-state index contributed by atoms with van der Waals surface area (Å²) in [5, 5.41) is 0. The summed E-state index contributed by atoms with van der Waals surface area (Å²) in [7, 11) is 0. The molecule has 3 heterocycles. The second-order valence-corrected chi connectivity index (χ2v) is 5.82. The number of hydrogen-bond donors (Lipinski definition) is 0. The quantitative estimate of drug-likeness (QED) is 0.697. The van der Waals surface area contributed by atoms with Gasteiger partial charge in [-0.1, -0.05) is 0 Å². The Bertz CT molecular complexity index is 298. The summed E-state index contributed by atoms with van der Waals surface area (Å²) in [6.07, 6.45) is 0.538. The maximum atomic E-state index is 5.85. The van der Waals surface area contributed by atoms with Gasteiger partial charge < -0.3 is 23.7 Å². The fraction of sp³-hybridized carbons (Fsp3) is 1.00. The van der Waals surface area contributed by atoms with E-state index in [1.165, 1.54) is 0 Å². The van der Waals surface area contributed by atoms with Crippen molar-refractivity contribution < 1.29 is 23.7 Å².